The van der Waals surface area contributed by atoms with Gasteiger partial charge in [0.2, 0.25) is 5.91 Å². The predicted molar refractivity (Wildman–Crippen MR) is 156 cm³/mol. The Kier molecular flexibility index (Phi) is 8.42. The second-order valence-electron chi connectivity index (χ2n) is 9.85. The van der Waals surface area contributed by atoms with E-state index in [9.17, 15) is 14.4 Å². The van der Waals surface area contributed by atoms with Crippen LogP contribution in [0, 0.1) is 0 Å². The molecule has 1 aromatic heterocycles. The van der Waals surface area contributed by atoms with E-state index in [-0.39, 0.29) is 35.7 Å². The lowest BCUT2D eigenvalue weighted by Crippen LogP contribution is -2.32. The first kappa shape index (κ1) is 26.7. The standard InChI is InChI=1S/C31H32N4O3S/c1-2-21-8-7-11-25(18-21)32-28(36)20-39-31-34-27-13-6-5-12-26(27)30(38)35(31)19-22-14-16-23(17-15-22)29(37)33-24-9-3-4-10-24/h5-8,11-18,24H,2-4,9-10,19-20H2,1H3,(H,32,36)(H,33,37). The Morgan fingerprint density at radius 1 is 0.974 bits per heavy atom. The molecule has 0 unspecified atom stereocenters. The average molecular weight is 541 g/mol. The largest absolute Gasteiger partial charge is 0.349 e. The molecule has 0 aliphatic heterocycles. The van der Waals surface area contributed by atoms with Crippen molar-refractivity contribution in [2.75, 3.05) is 11.1 Å². The Bertz CT molecular complexity index is 1540. The minimum Gasteiger partial charge on any atom is -0.349 e. The van der Waals surface area contributed by atoms with Gasteiger partial charge in [-0.3, -0.25) is 19.0 Å². The quantitative estimate of drug-likeness (QED) is 0.219. The molecule has 1 fully saturated rings. The van der Waals surface area contributed by atoms with Crippen molar-refractivity contribution < 1.29 is 9.59 Å². The van der Waals surface area contributed by atoms with E-state index in [4.69, 9.17) is 4.98 Å². The van der Waals surface area contributed by atoms with Gasteiger partial charge in [0, 0.05) is 17.3 Å². The first-order valence-corrected chi connectivity index (χ1v) is 14.4. The van der Waals surface area contributed by atoms with Crippen LogP contribution in [0.5, 0.6) is 0 Å². The SMILES string of the molecule is CCc1cccc(NC(=O)CSc2nc3ccccc3c(=O)n2Cc2ccc(C(=O)NC3CCCC3)cc2)c1. The van der Waals surface area contributed by atoms with Gasteiger partial charge in [0.15, 0.2) is 5.16 Å². The van der Waals surface area contributed by atoms with Crippen molar-refractivity contribution in [1.29, 1.82) is 0 Å². The Morgan fingerprint density at radius 3 is 2.51 bits per heavy atom. The lowest BCUT2D eigenvalue weighted by Gasteiger charge is -2.14. The van der Waals surface area contributed by atoms with E-state index < -0.39 is 0 Å². The van der Waals surface area contributed by atoms with Crippen LogP contribution in [0.25, 0.3) is 10.9 Å². The number of nitrogens with zero attached hydrogens (tertiary/aromatic N) is 2. The van der Waals surface area contributed by atoms with Crippen LogP contribution in [0.15, 0.2) is 82.7 Å². The summed E-state index contributed by atoms with van der Waals surface area (Å²) in [5, 5.41) is 7.04. The number of aryl methyl sites for hydroxylation is 1. The molecule has 4 aromatic rings. The van der Waals surface area contributed by atoms with Crippen LogP contribution >= 0.6 is 11.8 Å². The summed E-state index contributed by atoms with van der Waals surface area (Å²) in [6.07, 6.45) is 5.27. The monoisotopic (exact) mass is 540 g/mol. The number of aromatic nitrogens is 2. The number of carbonyl (C=O) groups is 2. The van der Waals surface area contributed by atoms with Crippen molar-refractivity contribution in [3.63, 3.8) is 0 Å². The molecule has 0 spiro atoms. The highest BCUT2D eigenvalue weighted by Gasteiger charge is 2.18. The topological polar surface area (TPSA) is 93.1 Å². The van der Waals surface area contributed by atoms with Crippen molar-refractivity contribution in [3.8, 4) is 0 Å². The molecule has 8 heteroatoms. The summed E-state index contributed by atoms with van der Waals surface area (Å²) in [7, 11) is 0. The van der Waals surface area contributed by atoms with Crippen LogP contribution in [0.3, 0.4) is 0 Å². The van der Waals surface area contributed by atoms with Crippen LogP contribution < -0.4 is 16.2 Å². The smallest absolute Gasteiger partial charge is 0.262 e. The number of rotatable bonds is 9. The highest BCUT2D eigenvalue weighted by atomic mass is 32.2. The van der Waals surface area contributed by atoms with Crippen LogP contribution in [0.4, 0.5) is 5.69 Å². The van der Waals surface area contributed by atoms with E-state index in [1.54, 1.807) is 28.8 Å². The molecule has 0 saturated heterocycles. The van der Waals surface area contributed by atoms with Crippen molar-refractivity contribution >= 4 is 40.2 Å². The number of nitrogens with one attached hydrogen (secondary N) is 2. The van der Waals surface area contributed by atoms with E-state index in [0.29, 0.717) is 21.6 Å². The van der Waals surface area contributed by atoms with Crippen molar-refractivity contribution in [2.45, 2.75) is 56.8 Å². The molecule has 3 aromatic carbocycles. The minimum absolute atomic E-state index is 0.0651. The van der Waals surface area contributed by atoms with Crippen molar-refractivity contribution in [2.24, 2.45) is 0 Å². The number of amides is 2. The maximum atomic E-state index is 13.5. The molecule has 1 saturated carbocycles. The Labute approximate surface area is 232 Å². The third-order valence-corrected chi connectivity index (χ3v) is 8.00. The number of hydrogen-bond acceptors (Lipinski definition) is 5. The highest BCUT2D eigenvalue weighted by molar-refractivity contribution is 7.99. The van der Waals surface area contributed by atoms with Gasteiger partial charge in [-0.05, 0) is 66.8 Å². The summed E-state index contributed by atoms with van der Waals surface area (Å²) < 4.78 is 1.60. The molecule has 0 atom stereocenters. The Hall–Kier alpha value is -3.91. The summed E-state index contributed by atoms with van der Waals surface area (Å²) in [6.45, 7) is 2.35. The van der Waals surface area contributed by atoms with Gasteiger partial charge in [-0.1, -0.05) is 67.9 Å². The molecule has 1 aliphatic rings. The van der Waals surface area contributed by atoms with Crippen molar-refractivity contribution in [3.05, 3.63) is 99.8 Å². The van der Waals surface area contributed by atoms with Gasteiger partial charge >= 0.3 is 0 Å². The van der Waals surface area contributed by atoms with Gasteiger partial charge in [-0.15, -0.1) is 0 Å². The summed E-state index contributed by atoms with van der Waals surface area (Å²) in [6, 6.07) is 22.6. The minimum atomic E-state index is -0.167. The molecular formula is C31H32N4O3S. The molecule has 7 nitrogen and oxygen atoms in total. The number of benzene rings is 3. The van der Waals surface area contributed by atoms with Gasteiger partial charge < -0.3 is 10.6 Å². The van der Waals surface area contributed by atoms with Crippen LogP contribution in [-0.4, -0.2) is 33.2 Å². The third-order valence-electron chi connectivity index (χ3n) is 7.03. The Morgan fingerprint density at radius 2 is 1.74 bits per heavy atom. The van der Waals surface area contributed by atoms with Crippen LogP contribution in [-0.2, 0) is 17.8 Å². The molecule has 200 valence electrons. The Balaban J connectivity index is 1.33. The van der Waals surface area contributed by atoms with Crippen LogP contribution in [0.1, 0.15) is 54.1 Å². The zero-order valence-corrected chi connectivity index (χ0v) is 22.8. The molecule has 5 rings (SSSR count). The number of thioether (sulfide) groups is 1. The third kappa shape index (κ3) is 6.57. The van der Waals surface area contributed by atoms with E-state index in [1.165, 1.54) is 11.8 Å². The fourth-order valence-corrected chi connectivity index (χ4v) is 5.67. The maximum absolute atomic E-state index is 13.5. The number of para-hydroxylation sites is 1. The highest BCUT2D eigenvalue weighted by Crippen LogP contribution is 2.21. The summed E-state index contributed by atoms with van der Waals surface area (Å²) >= 11 is 1.23. The normalized spacial score (nSPS) is 13.5. The zero-order chi connectivity index (χ0) is 27.2. The van der Waals surface area contributed by atoms with E-state index in [0.717, 1.165) is 48.9 Å². The van der Waals surface area contributed by atoms with Gasteiger partial charge in [-0.2, -0.15) is 0 Å². The van der Waals surface area contributed by atoms with E-state index in [2.05, 4.69) is 17.6 Å². The fraction of sp³-hybridized carbons (Fsp3) is 0.290. The van der Waals surface area contributed by atoms with E-state index >= 15 is 0 Å². The van der Waals surface area contributed by atoms with Gasteiger partial charge in [-0.25, -0.2) is 4.98 Å². The number of fused-ring (bicyclic) bond motifs is 1. The van der Waals surface area contributed by atoms with E-state index in [1.807, 2.05) is 48.5 Å². The second kappa shape index (κ2) is 12.3. The molecule has 0 bridgehead atoms. The van der Waals surface area contributed by atoms with Crippen LogP contribution in [0.2, 0.25) is 0 Å². The van der Waals surface area contributed by atoms with Gasteiger partial charge in [0.1, 0.15) is 0 Å². The maximum Gasteiger partial charge on any atom is 0.262 e. The molecule has 1 aliphatic carbocycles. The number of hydrogen-bond donors (Lipinski definition) is 2. The average Bonchev–Trinajstić information content (AvgIpc) is 3.47. The molecule has 1 heterocycles. The first-order chi connectivity index (χ1) is 19.0. The summed E-state index contributed by atoms with van der Waals surface area (Å²) in [4.78, 5) is 43.6. The number of carbonyl (C=O) groups excluding carboxylic acids is 2. The van der Waals surface area contributed by atoms with Gasteiger partial charge in [0.05, 0.1) is 23.2 Å². The molecule has 2 amide bonds. The summed E-state index contributed by atoms with van der Waals surface area (Å²) in [5.74, 6) is -0.119. The second-order valence-corrected chi connectivity index (χ2v) is 10.8. The lowest BCUT2D eigenvalue weighted by molar-refractivity contribution is -0.113. The predicted octanol–water partition coefficient (Wildman–Crippen LogP) is 5.41. The summed E-state index contributed by atoms with van der Waals surface area (Å²) in [5.41, 5.74) is 3.80. The number of anilines is 1. The zero-order valence-electron chi connectivity index (χ0n) is 22.0. The molecule has 39 heavy (non-hydrogen) atoms. The molecular weight excluding hydrogens is 508 g/mol. The fourth-order valence-electron chi connectivity index (χ4n) is 4.88. The molecule has 0 radical (unpaired) electrons. The first-order valence-electron chi connectivity index (χ1n) is 13.4. The lowest BCUT2D eigenvalue weighted by atomic mass is 10.1. The van der Waals surface area contributed by atoms with Gasteiger partial charge in [0.25, 0.3) is 11.5 Å². The van der Waals surface area contributed by atoms with Crippen molar-refractivity contribution in [1.82, 2.24) is 14.9 Å². The molecule has 2 N–H and O–H groups in total.